The van der Waals surface area contributed by atoms with E-state index in [0.717, 1.165) is 5.01 Å². The van der Waals surface area contributed by atoms with Gasteiger partial charge in [0.25, 0.3) is 0 Å². The van der Waals surface area contributed by atoms with Gasteiger partial charge in [-0.05, 0) is 45.0 Å². The van der Waals surface area contributed by atoms with Gasteiger partial charge < -0.3 is 9.47 Å². The predicted molar refractivity (Wildman–Crippen MR) is 83.8 cm³/mol. The number of aryl methyl sites for hydroxylation is 2. The summed E-state index contributed by atoms with van der Waals surface area (Å²) < 4.78 is 10.3. The van der Waals surface area contributed by atoms with Crippen LogP contribution in [0.3, 0.4) is 0 Å². The first kappa shape index (κ1) is 16.2. The summed E-state index contributed by atoms with van der Waals surface area (Å²) in [5.74, 6) is -0.107. The number of aromatic nitrogens is 1. The van der Waals surface area contributed by atoms with Crippen LogP contribution >= 0.6 is 11.3 Å². The molecule has 0 fully saturated rings. The summed E-state index contributed by atoms with van der Waals surface area (Å²) in [4.78, 5) is 29.0. The molecule has 0 aliphatic heterocycles. The van der Waals surface area contributed by atoms with E-state index in [1.165, 1.54) is 11.3 Å². The van der Waals surface area contributed by atoms with Crippen LogP contribution < -0.4 is 4.74 Å². The lowest BCUT2D eigenvalue weighted by molar-refractivity contribution is 0.0322. The summed E-state index contributed by atoms with van der Waals surface area (Å²) in [5.41, 5.74) is 1.09. The molecule has 1 heterocycles. The molecule has 0 aliphatic carbocycles. The zero-order valence-electron chi connectivity index (χ0n) is 12.9. The molecule has 1 atom stereocenters. The number of carbonyl (C=O) groups excluding carboxylic acids is 2. The zero-order chi connectivity index (χ0) is 16.3. The minimum absolute atomic E-state index is 0.255. The largest absolute Gasteiger partial charge is 0.497 e. The van der Waals surface area contributed by atoms with Gasteiger partial charge in [0.05, 0.1) is 17.8 Å². The summed E-state index contributed by atoms with van der Waals surface area (Å²) in [6.07, 6.45) is -0.859. The van der Waals surface area contributed by atoms with Crippen molar-refractivity contribution in [2.75, 3.05) is 7.11 Å². The highest BCUT2D eigenvalue weighted by Crippen LogP contribution is 2.20. The molecule has 5 nitrogen and oxygen atoms in total. The molecule has 116 valence electrons. The normalized spacial score (nSPS) is 11.8. The molecular weight excluding hydrogens is 302 g/mol. The summed E-state index contributed by atoms with van der Waals surface area (Å²) in [7, 11) is 1.56. The Morgan fingerprint density at radius 2 is 1.82 bits per heavy atom. The molecule has 0 radical (unpaired) electrons. The highest BCUT2D eigenvalue weighted by molar-refractivity contribution is 7.13. The molecule has 22 heavy (non-hydrogen) atoms. The summed E-state index contributed by atoms with van der Waals surface area (Å²) in [6.45, 7) is 5.13. The van der Waals surface area contributed by atoms with Crippen LogP contribution in [-0.2, 0) is 4.74 Å². The molecular formula is C16H17NO4S. The van der Waals surface area contributed by atoms with Gasteiger partial charge in [0.1, 0.15) is 10.6 Å². The number of rotatable bonds is 5. The highest BCUT2D eigenvalue weighted by atomic mass is 32.1. The second kappa shape index (κ2) is 6.70. The van der Waals surface area contributed by atoms with Gasteiger partial charge in [-0.3, -0.25) is 4.79 Å². The van der Waals surface area contributed by atoms with Crippen molar-refractivity contribution in [3.63, 3.8) is 0 Å². The van der Waals surface area contributed by atoms with E-state index >= 15 is 0 Å². The fourth-order valence-electron chi connectivity index (χ4n) is 1.98. The van der Waals surface area contributed by atoms with Gasteiger partial charge in [0, 0.05) is 5.56 Å². The van der Waals surface area contributed by atoms with Crippen molar-refractivity contribution >= 4 is 23.1 Å². The molecule has 2 rings (SSSR count). The van der Waals surface area contributed by atoms with Crippen LogP contribution in [0.15, 0.2) is 24.3 Å². The van der Waals surface area contributed by atoms with Crippen molar-refractivity contribution in [2.24, 2.45) is 0 Å². The number of hydrogen-bond acceptors (Lipinski definition) is 6. The van der Waals surface area contributed by atoms with Gasteiger partial charge >= 0.3 is 5.97 Å². The molecule has 0 N–H and O–H groups in total. The molecule has 1 aromatic heterocycles. The van der Waals surface area contributed by atoms with Gasteiger partial charge in [0.15, 0.2) is 6.10 Å². The monoisotopic (exact) mass is 319 g/mol. The van der Waals surface area contributed by atoms with Crippen molar-refractivity contribution in [1.29, 1.82) is 0 Å². The average Bonchev–Trinajstić information content (AvgIpc) is 2.85. The number of ketones is 1. The number of carbonyl (C=O) groups is 2. The SMILES string of the molecule is COc1ccc(C(=O)[C@H](C)OC(=O)c2sc(C)nc2C)cc1. The maximum atomic E-state index is 12.3. The van der Waals surface area contributed by atoms with Crippen molar-refractivity contribution in [3.05, 3.63) is 45.4 Å². The molecule has 0 saturated heterocycles. The first-order chi connectivity index (χ1) is 10.4. The van der Waals surface area contributed by atoms with Crippen LogP contribution in [0, 0.1) is 13.8 Å². The standard InChI is InChI=1S/C16H17NO4S/c1-9-15(22-11(3)17-9)16(19)21-10(2)14(18)12-5-7-13(20-4)8-6-12/h5-8,10H,1-4H3/t10-/m0/s1. The average molecular weight is 319 g/mol. The molecule has 1 aromatic carbocycles. The van der Waals surface area contributed by atoms with Crippen molar-refractivity contribution in [3.8, 4) is 5.75 Å². The molecule has 6 heteroatoms. The predicted octanol–water partition coefficient (Wildman–Crippen LogP) is 3.20. The van der Waals surface area contributed by atoms with Crippen LogP contribution in [0.1, 0.15) is 37.7 Å². The maximum absolute atomic E-state index is 12.3. The Kier molecular flexibility index (Phi) is 4.92. The Bertz CT molecular complexity index is 691. The lowest BCUT2D eigenvalue weighted by Gasteiger charge is -2.12. The highest BCUT2D eigenvalue weighted by Gasteiger charge is 2.23. The number of thiazole rings is 1. The third-order valence-electron chi connectivity index (χ3n) is 3.12. The number of benzene rings is 1. The molecule has 0 spiro atoms. The molecule has 0 unspecified atom stereocenters. The molecule has 2 aromatic rings. The number of methoxy groups -OCH3 is 1. The Hall–Kier alpha value is -2.21. The smallest absolute Gasteiger partial charge is 0.350 e. The van der Waals surface area contributed by atoms with E-state index in [2.05, 4.69) is 4.98 Å². The van der Waals surface area contributed by atoms with Crippen LogP contribution in [0.5, 0.6) is 5.75 Å². The summed E-state index contributed by atoms with van der Waals surface area (Å²) >= 11 is 1.26. The van der Waals surface area contributed by atoms with E-state index in [9.17, 15) is 9.59 Å². The second-order valence-corrected chi connectivity index (χ2v) is 5.99. The number of hydrogen-bond donors (Lipinski definition) is 0. The Morgan fingerprint density at radius 3 is 2.32 bits per heavy atom. The first-order valence-electron chi connectivity index (χ1n) is 6.75. The van der Waals surface area contributed by atoms with Crippen LogP contribution in [-0.4, -0.2) is 30.0 Å². The molecule has 0 bridgehead atoms. The fraction of sp³-hybridized carbons (Fsp3) is 0.312. The quantitative estimate of drug-likeness (QED) is 0.625. The van der Waals surface area contributed by atoms with Gasteiger partial charge in [0.2, 0.25) is 5.78 Å². The lowest BCUT2D eigenvalue weighted by Crippen LogP contribution is -2.24. The number of nitrogens with zero attached hydrogens (tertiary/aromatic N) is 1. The third-order valence-corrected chi connectivity index (χ3v) is 4.17. The third kappa shape index (κ3) is 3.51. The first-order valence-corrected chi connectivity index (χ1v) is 7.57. The van der Waals surface area contributed by atoms with E-state index in [1.54, 1.807) is 45.2 Å². The van der Waals surface area contributed by atoms with Gasteiger partial charge in [-0.2, -0.15) is 0 Å². The summed E-state index contributed by atoms with van der Waals surface area (Å²) in [5, 5.41) is 0.790. The molecule has 0 amide bonds. The van der Waals surface area contributed by atoms with Gasteiger partial charge in [-0.1, -0.05) is 0 Å². The number of ether oxygens (including phenoxy) is 2. The fourth-order valence-corrected chi connectivity index (χ4v) is 2.78. The Balaban J connectivity index is 2.07. The van der Waals surface area contributed by atoms with Crippen molar-refractivity contribution in [1.82, 2.24) is 4.98 Å². The van der Waals surface area contributed by atoms with Crippen molar-refractivity contribution < 1.29 is 19.1 Å². The molecule has 0 aliphatic rings. The second-order valence-electron chi connectivity index (χ2n) is 4.79. The summed E-state index contributed by atoms with van der Waals surface area (Å²) in [6, 6.07) is 6.68. The van der Waals surface area contributed by atoms with Gasteiger partial charge in [-0.15, -0.1) is 11.3 Å². The Labute approximate surface area is 132 Å². The minimum Gasteiger partial charge on any atom is -0.497 e. The van der Waals surface area contributed by atoms with Crippen LogP contribution in [0.25, 0.3) is 0 Å². The zero-order valence-corrected chi connectivity index (χ0v) is 13.7. The van der Waals surface area contributed by atoms with E-state index in [4.69, 9.17) is 9.47 Å². The molecule has 0 saturated carbocycles. The lowest BCUT2D eigenvalue weighted by atomic mass is 10.1. The van der Waals surface area contributed by atoms with Crippen molar-refractivity contribution in [2.45, 2.75) is 26.9 Å². The van der Waals surface area contributed by atoms with E-state index in [-0.39, 0.29) is 5.78 Å². The van der Waals surface area contributed by atoms with E-state index in [0.29, 0.717) is 21.9 Å². The minimum atomic E-state index is -0.859. The van der Waals surface area contributed by atoms with Crippen LogP contribution in [0.4, 0.5) is 0 Å². The topological polar surface area (TPSA) is 65.5 Å². The number of esters is 1. The van der Waals surface area contributed by atoms with Crippen LogP contribution in [0.2, 0.25) is 0 Å². The Morgan fingerprint density at radius 1 is 1.18 bits per heavy atom. The van der Waals surface area contributed by atoms with Gasteiger partial charge in [-0.25, -0.2) is 9.78 Å². The van der Waals surface area contributed by atoms with E-state index in [1.807, 2.05) is 6.92 Å². The van der Waals surface area contributed by atoms with E-state index < -0.39 is 12.1 Å². The number of Topliss-reactive ketones (excluding diaryl/α,β-unsaturated/α-hetero) is 1. The maximum Gasteiger partial charge on any atom is 0.350 e.